The van der Waals surface area contributed by atoms with Gasteiger partial charge in [0.25, 0.3) is 0 Å². The number of hydrogen-bond acceptors (Lipinski definition) is 2. The zero-order valence-corrected chi connectivity index (χ0v) is 5.32. The Labute approximate surface area is 54.3 Å². The van der Waals surface area contributed by atoms with Crippen molar-refractivity contribution in [2.45, 2.75) is 0 Å². The Hall–Kier alpha value is -0.990. The van der Waals surface area contributed by atoms with Crippen molar-refractivity contribution >= 4 is 27.5 Å². The van der Waals surface area contributed by atoms with Gasteiger partial charge in [0, 0.05) is 0 Å². The highest BCUT2D eigenvalue weighted by molar-refractivity contribution is 6.53. The van der Waals surface area contributed by atoms with Gasteiger partial charge in [-0.3, -0.25) is 14.9 Å². The second-order valence-electron chi connectivity index (χ2n) is 2.03. The van der Waals surface area contributed by atoms with Crippen LogP contribution in [0.4, 0.5) is 0 Å². The minimum absolute atomic E-state index is 0.266. The lowest BCUT2D eigenvalue weighted by molar-refractivity contribution is -0.123. The third-order valence-corrected chi connectivity index (χ3v) is 1.47. The zero-order valence-electron chi connectivity index (χ0n) is 5.32. The van der Waals surface area contributed by atoms with Gasteiger partial charge in [-0.05, 0) is 10.9 Å². The highest BCUT2D eigenvalue weighted by Gasteiger charge is 2.21. The molecule has 0 aromatic rings. The van der Waals surface area contributed by atoms with Crippen molar-refractivity contribution in [2.75, 3.05) is 0 Å². The predicted octanol–water partition coefficient (Wildman–Crippen LogP) is -2.88. The van der Waals surface area contributed by atoms with Gasteiger partial charge in [0.1, 0.15) is 15.7 Å². The zero-order chi connectivity index (χ0) is 7.02. The van der Waals surface area contributed by atoms with Gasteiger partial charge in [-0.2, -0.15) is 0 Å². The first-order chi connectivity index (χ1) is 4.13. The fraction of sp³-hybridized carbons (Fsp3) is 0. The molecule has 0 saturated heterocycles. The van der Waals surface area contributed by atoms with Gasteiger partial charge in [0.05, 0.1) is 0 Å². The molecule has 0 spiro atoms. The van der Waals surface area contributed by atoms with E-state index in [1.165, 1.54) is 0 Å². The normalized spacial score (nSPS) is 18.7. The molecule has 1 aliphatic heterocycles. The van der Waals surface area contributed by atoms with Gasteiger partial charge in [-0.15, -0.1) is 0 Å². The maximum absolute atomic E-state index is 10.6. The predicted molar refractivity (Wildman–Crippen MR) is 37.3 cm³/mol. The number of amides is 2. The molecule has 0 fully saturated rings. The Kier molecular flexibility index (Phi) is 1.20. The maximum Gasteiger partial charge on any atom is 0.243 e. The lowest BCUT2D eigenvalue weighted by Gasteiger charge is -1.85. The highest BCUT2D eigenvalue weighted by atomic mass is 16.2. The van der Waals surface area contributed by atoms with Gasteiger partial charge in [-0.1, -0.05) is 0 Å². The molecule has 0 aromatic carbocycles. The number of hydrogen-bond donors (Lipinski definition) is 1. The summed E-state index contributed by atoms with van der Waals surface area (Å²) in [6, 6.07) is 0. The summed E-state index contributed by atoms with van der Waals surface area (Å²) in [5.41, 5.74) is 1.06. The molecule has 1 rings (SSSR count). The number of imide groups is 1. The monoisotopic (exact) mass is 121 g/mol. The molecule has 5 heteroatoms. The van der Waals surface area contributed by atoms with Crippen LogP contribution in [-0.2, 0) is 9.59 Å². The van der Waals surface area contributed by atoms with Gasteiger partial charge >= 0.3 is 0 Å². The van der Waals surface area contributed by atoms with Crippen LogP contribution < -0.4 is 5.32 Å². The van der Waals surface area contributed by atoms with Gasteiger partial charge < -0.3 is 0 Å². The smallest absolute Gasteiger partial charge is 0.243 e. The van der Waals surface area contributed by atoms with Crippen LogP contribution in [0.5, 0.6) is 0 Å². The van der Waals surface area contributed by atoms with Crippen LogP contribution in [0, 0.1) is 0 Å². The first-order valence-corrected chi connectivity index (χ1v) is 2.66. The Bertz CT molecular complexity index is 199. The summed E-state index contributed by atoms with van der Waals surface area (Å²) in [5.74, 6) is -0.532. The minimum Gasteiger partial charge on any atom is -0.290 e. The molecule has 44 valence electrons. The Morgan fingerprint density at radius 2 is 1.33 bits per heavy atom. The van der Waals surface area contributed by atoms with E-state index in [-0.39, 0.29) is 11.8 Å². The summed E-state index contributed by atoms with van der Waals surface area (Å²) < 4.78 is 0. The van der Waals surface area contributed by atoms with Crippen LogP contribution >= 0.6 is 0 Å². The van der Waals surface area contributed by atoms with Crippen LogP contribution in [0.1, 0.15) is 0 Å². The van der Waals surface area contributed by atoms with Crippen molar-refractivity contribution in [1.82, 2.24) is 5.32 Å². The van der Waals surface area contributed by atoms with E-state index >= 15 is 0 Å². The van der Waals surface area contributed by atoms with Crippen molar-refractivity contribution in [1.29, 1.82) is 0 Å². The molecule has 2 amide bonds. The molecule has 1 aliphatic rings. The van der Waals surface area contributed by atoms with E-state index in [0.29, 0.717) is 10.9 Å². The third-order valence-electron chi connectivity index (χ3n) is 1.47. The first kappa shape index (κ1) is 6.13. The summed E-state index contributed by atoms with van der Waals surface area (Å²) in [6.45, 7) is 0. The first-order valence-electron chi connectivity index (χ1n) is 2.66. The average Bonchev–Trinajstić information content (AvgIpc) is 1.98. The lowest BCUT2D eigenvalue weighted by atomic mass is 9.82. The molecular weight excluding hydrogens is 116 g/mol. The number of nitrogens with one attached hydrogen (secondary N) is 1. The molecule has 0 bridgehead atoms. The summed E-state index contributed by atoms with van der Waals surface area (Å²) in [4.78, 5) is 21.2. The largest absolute Gasteiger partial charge is 0.290 e. The van der Waals surface area contributed by atoms with Crippen LogP contribution in [0.15, 0.2) is 10.9 Å². The van der Waals surface area contributed by atoms with Crippen LogP contribution in [0.25, 0.3) is 0 Å². The standard InChI is InChI=1S/C4H5B2NO2/c5-1-2(6)4(9)7-3(1)8/h5-6H2,(H,7,8,9). The fourth-order valence-electron chi connectivity index (χ4n) is 0.631. The maximum atomic E-state index is 10.6. The molecule has 0 aromatic heterocycles. The van der Waals surface area contributed by atoms with E-state index < -0.39 is 0 Å². The molecular formula is C4H5B2NO2. The van der Waals surface area contributed by atoms with Crippen molar-refractivity contribution in [2.24, 2.45) is 0 Å². The summed E-state index contributed by atoms with van der Waals surface area (Å²) >= 11 is 0. The van der Waals surface area contributed by atoms with Crippen LogP contribution in [0.3, 0.4) is 0 Å². The SMILES string of the molecule is BC1=C(B)C(=O)NC1=O. The molecule has 3 nitrogen and oxygen atoms in total. The van der Waals surface area contributed by atoms with E-state index in [1.807, 2.05) is 0 Å². The topological polar surface area (TPSA) is 46.2 Å². The van der Waals surface area contributed by atoms with Crippen LogP contribution in [-0.4, -0.2) is 27.5 Å². The van der Waals surface area contributed by atoms with E-state index in [0.717, 1.165) is 0 Å². The van der Waals surface area contributed by atoms with Gasteiger partial charge in [0.2, 0.25) is 11.8 Å². The van der Waals surface area contributed by atoms with Crippen molar-refractivity contribution < 1.29 is 9.59 Å². The molecule has 0 saturated carbocycles. The summed E-state index contributed by atoms with van der Waals surface area (Å²) in [7, 11) is 3.27. The van der Waals surface area contributed by atoms with E-state index in [1.54, 1.807) is 15.7 Å². The number of rotatable bonds is 0. The Morgan fingerprint density at radius 1 is 1.00 bits per heavy atom. The lowest BCUT2D eigenvalue weighted by Crippen LogP contribution is -2.23. The summed E-state index contributed by atoms with van der Waals surface area (Å²) in [6.07, 6.45) is 0. The number of carbonyl (C=O) groups excluding carboxylic acids is 2. The molecule has 0 atom stereocenters. The van der Waals surface area contributed by atoms with E-state index in [2.05, 4.69) is 5.32 Å². The van der Waals surface area contributed by atoms with Crippen molar-refractivity contribution in [3.8, 4) is 0 Å². The Morgan fingerprint density at radius 3 is 1.44 bits per heavy atom. The second kappa shape index (κ2) is 1.76. The molecule has 9 heavy (non-hydrogen) atoms. The average molecular weight is 121 g/mol. The minimum atomic E-state index is -0.266. The second-order valence-corrected chi connectivity index (χ2v) is 2.03. The third kappa shape index (κ3) is 0.781. The van der Waals surface area contributed by atoms with E-state index in [4.69, 9.17) is 0 Å². The molecule has 0 radical (unpaired) electrons. The number of carbonyl (C=O) groups is 2. The molecule has 1 heterocycles. The quantitative estimate of drug-likeness (QED) is 0.276. The highest BCUT2D eigenvalue weighted by Crippen LogP contribution is 2.03. The van der Waals surface area contributed by atoms with E-state index in [9.17, 15) is 9.59 Å². The van der Waals surface area contributed by atoms with Crippen LogP contribution in [0.2, 0.25) is 0 Å². The Balaban J connectivity index is 3.06. The van der Waals surface area contributed by atoms with Crippen molar-refractivity contribution in [3.05, 3.63) is 10.9 Å². The van der Waals surface area contributed by atoms with Crippen molar-refractivity contribution in [3.63, 3.8) is 0 Å². The summed E-state index contributed by atoms with van der Waals surface area (Å²) in [5, 5.41) is 2.16. The van der Waals surface area contributed by atoms with Gasteiger partial charge in [0.15, 0.2) is 0 Å². The molecule has 0 unspecified atom stereocenters. The fourth-order valence-corrected chi connectivity index (χ4v) is 0.631. The molecule has 1 N–H and O–H groups in total. The van der Waals surface area contributed by atoms with Gasteiger partial charge in [-0.25, -0.2) is 0 Å². The molecule has 0 aliphatic carbocycles.